The van der Waals surface area contributed by atoms with Crippen molar-refractivity contribution in [2.45, 2.75) is 26.5 Å². The molecule has 1 aromatic heterocycles. The molecule has 5 nitrogen and oxygen atoms in total. The Morgan fingerprint density at radius 2 is 2.00 bits per heavy atom. The van der Waals surface area contributed by atoms with Crippen LogP contribution < -0.4 is 15.8 Å². The van der Waals surface area contributed by atoms with Gasteiger partial charge in [0.1, 0.15) is 0 Å². The van der Waals surface area contributed by atoms with Crippen molar-refractivity contribution in [3.8, 4) is 5.88 Å². The first-order valence-electron chi connectivity index (χ1n) is 6.87. The van der Waals surface area contributed by atoms with Gasteiger partial charge in [-0.3, -0.25) is 0 Å². The van der Waals surface area contributed by atoms with Gasteiger partial charge in [0.25, 0.3) is 0 Å². The maximum Gasteiger partial charge on any atom is 0.218 e. The minimum atomic E-state index is 0.0717. The number of aromatic nitrogens is 1. The quantitative estimate of drug-likeness (QED) is 0.654. The van der Waals surface area contributed by atoms with Gasteiger partial charge in [-0.2, -0.15) is 0 Å². The van der Waals surface area contributed by atoms with Crippen LogP contribution >= 0.6 is 0 Å². The third-order valence-electron chi connectivity index (χ3n) is 2.66. The van der Waals surface area contributed by atoms with Crippen LogP contribution in [-0.4, -0.2) is 17.0 Å². The summed E-state index contributed by atoms with van der Waals surface area (Å²) >= 11 is 0. The lowest BCUT2D eigenvalue weighted by Crippen LogP contribution is -2.22. The van der Waals surface area contributed by atoms with Crippen molar-refractivity contribution in [3.05, 3.63) is 54.2 Å². The average molecular weight is 284 g/mol. The summed E-state index contributed by atoms with van der Waals surface area (Å²) in [6.45, 7) is 4.35. The predicted molar refractivity (Wildman–Crippen MR) is 85.4 cm³/mol. The molecule has 5 heteroatoms. The van der Waals surface area contributed by atoms with Crippen molar-refractivity contribution < 1.29 is 4.74 Å². The van der Waals surface area contributed by atoms with Crippen LogP contribution in [0.15, 0.2) is 53.7 Å². The third kappa shape index (κ3) is 4.80. The van der Waals surface area contributed by atoms with Gasteiger partial charge in [-0.1, -0.05) is 24.3 Å². The fraction of sp³-hybridized carbons (Fsp3) is 0.250. The highest BCUT2D eigenvalue weighted by atomic mass is 16.5. The predicted octanol–water partition coefficient (Wildman–Crippen LogP) is 2.80. The van der Waals surface area contributed by atoms with E-state index >= 15 is 0 Å². The molecule has 0 saturated heterocycles. The highest BCUT2D eigenvalue weighted by molar-refractivity contribution is 5.92. The Kier molecular flexibility index (Phi) is 5.15. The number of nitrogens with zero attached hydrogens (tertiary/aromatic N) is 2. The van der Waals surface area contributed by atoms with Crippen LogP contribution in [0.3, 0.4) is 0 Å². The molecular formula is C16H20N4O. The van der Waals surface area contributed by atoms with Crippen molar-refractivity contribution in [2.75, 3.05) is 5.32 Å². The summed E-state index contributed by atoms with van der Waals surface area (Å²) in [7, 11) is 0. The molecule has 0 aliphatic rings. The van der Waals surface area contributed by atoms with Gasteiger partial charge in [-0.15, -0.1) is 0 Å². The Balaban J connectivity index is 2.03. The molecule has 0 aliphatic heterocycles. The second-order valence-corrected chi connectivity index (χ2v) is 4.83. The zero-order chi connectivity index (χ0) is 15.1. The Hall–Kier alpha value is -2.56. The molecule has 110 valence electrons. The first-order chi connectivity index (χ1) is 10.1. The zero-order valence-corrected chi connectivity index (χ0v) is 12.3. The Bertz CT molecular complexity index is 596. The van der Waals surface area contributed by atoms with Gasteiger partial charge < -0.3 is 15.8 Å². The van der Waals surface area contributed by atoms with Gasteiger partial charge in [-0.05, 0) is 32.0 Å². The van der Waals surface area contributed by atoms with Gasteiger partial charge in [-0.25, -0.2) is 9.98 Å². The SMILES string of the molecule is CC(C)Oc1ncccc1CN=C(N)Nc1ccccc1. The lowest BCUT2D eigenvalue weighted by Gasteiger charge is -2.12. The number of benzene rings is 1. The van der Waals surface area contributed by atoms with E-state index in [1.54, 1.807) is 6.20 Å². The molecular weight excluding hydrogens is 264 g/mol. The molecule has 0 fully saturated rings. The van der Waals surface area contributed by atoms with E-state index in [1.807, 2.05) is 56.3 Å². The highest BCUT2D eigenvalue weighted by Crippen LogP contribution is 2.16. The number of nitrogens with one attached hydrogen (secondary N) is 1. The first kappa shape index (κ1) is 14.8. The van der Waals surface area contributed by atoms with Gasteiger partial charge in [0, 0.05) is 17.4 Å². The second-order valence-electron chi connectivity index (χ2n) is 4.83. The Labute approximate surface area is 124 Å². The monoisotopic (exact) mass is 284 g/mol. The molecule has 0 saturated carbocycles. The summed E-state index contributed by atoms with van der Waals surface area (Å²) in [5.74, 6) is 0.962. The summed E-state index contributed by atoms with van der Waals surface area (Å²) in [6.07, 6.45) is 1.78. The normalized spacial score (nSPS) is 11.5. The maximum atomic E-state index is 5.88. The number of anilines is 1. The smallest absolute Gasteiger partial charge is 0.218 e. The largest absolute Gasteiger partial charge is 0.475 e. The van der Waals surface area contributed by atoms with E-state index in [4.69, 9.17) is 10.5 Å². The first-order valence-corrected chi connectivity index (χ1v) is 6.87. The summed E-state index contributed by atoms with van der Waals surface area (Å²) < 4.78 is 5.65. The van der Waals surface area contributed by atoms with Crippen molar-refractivity contribution in [1.29, 1.82) is 0 Å². The highest BCUT2D eigenvalue weighted by Gasteiger charge is 2.06. The Morgan fingerprint density at radius 1 is 1.24 bits per heavy atom. The van der Waals surface area contributed by atoms with Gasteiger partial charge in [0.05, 0.1) is 12.6 Å². The number of guanidine groups is 1. The van der Waals surface area contributed by atoms with Gasteiger partial charge in [0.2, 0.25) is 5.88 Å². The number of para-hydroxylation sites is 1. The number of aliphatic imine (C=N–C) groups is 1. The van der Waals surface area contributed by atoms with Crippen molar-refractivity contribution in [3.63, 3.8) is 0 Å². The summed E-state index contributed by atoms with van der Waals surface area (Å²) in [4.78, 5) is 8.55. The van der Waals surface area contributed by atoms with Crippen molar-refractivity contribution in [2.24, 2.45) is 10.7 Å². The van der Waals surface area contributed by atoms with Crippen LogP contribution in [-0.2, 0) is 6.54 Å². The summed E-state index contributed by atoms with van der Waals surface area (Å²) in [5, 5.41) is 3.04. The van der Waals surface area contributed by atoms with E-state index in [2.05, 4.69) is 15.3 Å². The molecule has 0 spiro atoms. The minimum absolute atomic E-state index is 0.0717. The van der Waals surface area contributed by atoms with E-state index < -0.39 is 0 Å². The van der Waals surface area contributed by atoms with Crippen molar-refractivity contribution >= 4 is 11.6 Å². The average Bonchev–Trinajstić information content (AvgIpc) is 2.47. The fourth-order valence-corrected chi connectivity index (χ4v) is 1.75. The number of nitrogens with two attached hydrogens (primary N) is 1. The summed E-state index contributed by atoms with van der Waals surface area (Å²) in [6, 6.07) is 13.5. The van der Waals surface area contributed by atoms with E-state index in [-0.39, 0.29) is 6.10 Å². The van der Waals surface area contributed by atoms with E-state index in [0.717, 1.165) is 11.3 Å². The number of pyridine rings is 1. The molecule has 3 N–H and O–H groups in total. The van der Waals surface area contributed by atoms with E-state index in [9.17, 15) is 0 Å². The molecule has 0 amide bonds. The molecule has 0 aliphatic carbocycles. The zero-order valence-electron chi connectivity index (χ0n) is 12.3. The molecule has 0 unspecified atom stereocenters. The number of hydrogen-bond acceptors (Lipinski definition) is 3. The maximum absolute atomic E-state index is 5.88. The minimum Gasteiger partial charge on any atom is -0.475 e. The topological polar surface area (TPSA) is 72.5 Å². The van der Waals surface area contributed by atoms with Crippen LogP contribution in [0.25, 0.3) is 0 Å². The van der Waals surface area contributed by atoms with Crippen molar-refractivity contribution in [1.82, 2.24) is 4.98 Å². The van der Waals surface area contributed by atoms with Gasteiger partial charge >= 0.3 is 0 Å². The Morgan fingerprint density at radius 3 is 2.71 bits per heavy atom. The molecule has 1 heterocycles. The van der Waals surface area contributed by atoms with Crippen LogP contribution in [0.4, 0.5) is 5.69 Å². The van der Waals surface area contributed by atoms with Crippen LogP contribution in [0, 0.1) is 0 Å². The number of ether oxygens (including phenoxy) is 1. The van der Waals surface area contributed by atoms with E-state index in [1.165, 1.54) is 0 Å². The molecule has 0 atom stereocenters. The lowest BCUT2D eigenvalue weighted by atomic mass is 10.2. The van der Waals surface area contributed by atoms with Crippen LogP contribution in [0.2, 0.25) is 0 Å². The molecule has 1 aromatic carbocycles. The molecule has 21 heavy (non-hydrogen) atoms. The number of rotatable bonds is 5. The van der Waals surface area contributed by atoms with Crippen LogP contribution in [0.1, 0.15) is 19.4 Å². The molecule has 0 radical (unpaired) electrons. The second kappa shape index (κ2) is 7.28. The van der Waals surface area contributed by atoms with Crippen LogP contribution in [0.5, 0.6) is 5.88 Å². The van der Waals surface area contributed by atoms with E-state index in [0.29, 0.717) is 18.4 Å². The molecule has 2 rings (SSSR count). The third-order valence-corrected chi connectivity index (χ3v) is 2.66. The summed E-state index contributed by atoms with van der Waals surface area (Å²) in [5.41, 5.74) is 7.70. The number of hydrogen-bond donors (Lipinski definition) is 2. The lowest BCUT2D eigenvalue weighted by molar-refractivity contribution is 0.230. The van der Waals surface area contributed by atoms with Gasteiger partial charge in [0.15, 0.2) is 5.96 Å². The fourth-order valence-electron chi connectivity index (χ4n) is 1.75. The standard InChI is InChI=1S/C16H20N4O/c1-12(2)21-15-13(7-6-10-18-15)11-19-16(17)20-14-8-4-3-5-9-14/h3-10,12H,11H2,1-2H3,(H3,17,19,20). The molecule has 0 bridgehead atoms. The molecule has 2 aromatic rings.